The molecule has 1 saturated carbocycles. The van der Waals surface area contributed by atoms with Crippen molar-refractivity contribution < 1.29 is 46.6 Å². The summed E-state index contributed by atoms with van der Waals surface area (Å²) in [6.45, 7) is 18.0. The number of hydrogen-bond acceptors (Lipinski definition) is 1. The number of allylic oxidation sites excluding steroid dienone is 4. The van der Waals surface area contributed by atoms with Gasteiger partial charge < -0.3 is 0 Å². The molecule has 0 aliphatic heterocycles. The van der Waals surface area contributed by atoms with E-state index in [0.29, 0.717) is 5.92 Å². The zero-order chi connectivity index (χ0) is 18.9. The van der Waals surface area contributed by atoms with Gasteiger partial charge in [-0.05, 0) is 11.8 Å². The molecule has 0 unspecified atom stereocenters. The molecule has 0 spiro atoms. The Labute approximate surface area is 170 Å². The van der Waals surface area contributed by atoms with Crippen LogP contribution in [0.25, 0.3) is 0 Å². The predicted octanol–water partition coefficient (Wildman–Crippen LogP) is 4.75. The molecule has 0 aromatic heterocycles. The molecule has 0 bridgehead atoms. The van der Waals surface area contributed by atoms with Gasteiger partial charge in [-0.3, -0.25) is 0 Å². The third-order valence-corrected chi connectivity index (χ3v) is 3.69. The monoisotopic (exact) mass is 433 g/mol. The third kappa shape index (κ3) is 33.5. The first-order chi connectivity index (χ1) is 11.2. The molecule has 0 aromatic carbocycles. The van der Waals surface area contributed by atoms with E-state index >= 15 is 0 Å². The summed E-state index contributed by atoms with van der Waals surface area (Å²) in [5.74, 6) is 1.47. The molecule has 2 rings (SSSR count). The van der Waals surface area contributed by atoms with Crippen molar-refractivity contribution in [3.8, 4) is 0 Å². The summed E-state index contributed by atoms with van der Waals surface area (Å²) in [7, 11) is 0. The predicted molar refractivity (Wildman–Crippen MR) is 90.0 cm³/mol. The van der Waals surface area contributed by atoms with Crippen LogP contribution in [0.4, 0.5) is 0 Å². The van der Waals surface area contributed by atoms with E-state index in [2.05, 4.69) is 77.9 Å². The molecule has 0 saturated heterocycles. The number of rotatable bonds is 2. The summed E-state index contributed by atoms with van der Waals surface area (Å²) >= 11 is 4.81. The molecule has 136 valence electrons. The fourth-order valence-electron chi connectivity index (χ4n) is 1.78. The normalized spacial score (nSPS) is 12.6. The quantitative estimate of drug-likeness (QED) is 0.352. The molecule has 0 aromatic rings. The summed E-state index contributed by atoms with van der Waals surface area (Å²) in [4.78, 5) is 0. The van der Waals surface area contributed by atoms with Gasteiger partial charge in [0.15, 0.2) is 0 Å². The van der Waals surface area contributed by atoms with E-state index in [1.807, 2.05) is 6.26 Å². The van der Waals surface area contributed by atoms with Gasteiger partial charge in [0.05, 0.1) is 0 Å². The summed E-state index contributed by atoms with van der Waals surface area (Å²) in [5.41, 5.74) is 0. The van der Waals surface area contributed by atoms with E-state index in [0.717, 1.165) is 5.92 Å². The van der Waals surface area contributed by atoms with Gasteiger partial charge in [-0.15, -0.1) is 0 Å². The molecule has 0 amide bonds. The fraction of sp³-hybridized carbons (Fsp3) is 0.556. The topological polar surface area (TPSA) is 59.7 Å². The second-order valence-corrected chi connectivity index (χ2v) is 5.86. The minimum absolute atomic E-state index is 0. The van der Waals surface area contributed by atoms with Gasteiger partial charge >= 0.3 is 88.8 Å². The standard InChI is InChI=1S/C8H12.C5H10.C2H3S.3CO.2Fe/c1-7(2)8-5-3-4-6-8;1-2-4-5-3-1;1-3-2;3*1-2;;/h3-8H,1-2H3;1-5H2;1H3;;;;;/q;;-1;;;;;+2. The van der Waals surface area contributed by atoms with E-state index in [-0.39, 0.29) is 17.1 Å². The minimum Gasteiger partial charge on any atom is 2.00 e. The van der Waals surface area contributed by atoms with Crippen molar-refractivity contribution in [2.45, 2.75) is 46.0 Å². The molecule has 0 radical (unpaired) electrons. The Kier molecular flexibility index (Phi) is 56.4. The molecule has 1 fully saturated rings. The van der Waals surface area contributed by atoms with Crippen molar-refractivity contribution in [1.82, 2.24) is 0 Å². The van der Waals surface area contributed by atoms with Crippen LogP contribution in [0, 0.1) is 31.8 Å². The van der Waals surface area contributed by atoms with Crippen LogP contribution in [0.2, 0.25) is 0 Å². The molecule has 0 atom stereocenters. The van der Waals surface area contributed by atoms with Gasteiger partial charge in [0.1, 0.15) is 0 Å². The zero-order valence-electron chi connectivity index (χ0n) is 14.3. The molecule has 24 heavy (non-hydrogen) atoms. The van der Waals surface area contributed by atoms with Crippen LogP contribution in [0.1, 0.15) is 46.0 Å². The maximum atomic E-state index is 7.50. The Morgan fingerprint density at radius 1 is 0.917 bits per heavy atom. The second kappa shape index (κ2) is 38.5. The fourth-order valence-corrected chi connectivity index (χ4v) is 1.78. The molecule has 0 heterocycles. The van der Waals surface area contributed by atoms with Gasteiger partial charge in [-0.1, -0.05) is 70.3 Å². The molecule has 0 N–H and O–H groups in total. The van der Waals surface area contributed by atoms with Crippen molar-refractivity contribution in [1.29, 1.82) is 0 Å². The Bertz CT molecular complexity index is 310. The Balaban J connectivity index is -0.0000000665. The van der Waals surface area contributed by atoms with Crippen molar-refractivity contribution in [3.63, 3.8) is 0 Å². The molecule has 6 heteroatoms. The maximum absolute atomic E-state index is 7.50. The smallest absolute Gasteiger partial charge is 2.00 e. The molecule has 3 nitrogen and oxygen atoms in total. The van der Waals surface area contributed by atoms with Crippen LogP contribution in [-0.4, -0.2) is 10.5 Å². The maximum Gasteiger partial charge on any atom is 2.00 e. The Hall–Kier alpha value is -0.0410. The van der Waals surface area contributed by atoms with Crippen LogP contribution in [-0.2, 0) is 46.6 Å². The largest absolute Gasteiger partial charge is 2.00 e. The first-order valence-corrected chi connectivity index (χ1v) is 8.83. The van der Waals surface area contributed by atoms with Crippen LogP contribution < -0.4 is 0 Å². The van der Waals surface area contributed by atoms with Crippen LogP contribution in [0.3, 0.4) is 0 Å². The third-order valence-electron chi connectivity index (χ3n) is 2.87. The molecular weight excluding hydrogens is 408 g/mol. The van der Waals surface area contributed by atoms with E-state index in [9.17, 15) is 0 Å². The van der Waals surface area contributed by atoms with E-state index in [4.69, 9.17) is 14.0 Å². The van der Waals surface area contributed by atoms with Gasteiger partial charge in [0, 0.05) is 0 Å². The SMILES string of the molecule is C1CCCC1.CC(C)C1C=CC=C1.CS[C-]=[Fe].[C-]#[O+].[C-]#[O+].[C-]#[O+].[Fe+2]. The summed E-state index contributed by atoms with van der Waals surface area (Å²) in [5, 5.41) is 0. The number of hydrogen-bond donors (Lipinski definition) is 0. The second-order valence-electron chi connectivity index (χ2n) is 4.64. The van der Waals surface area contributed by atoms with Gasteiger partial charge in [-0.2, -0.15) is 0 Å². The minimum atomic E-state index is 0. The van der Waals surface area contributed by atoms with Gasteiger partial charge in [-0.25, -0.2) is 0 Å². The van der Waals surface area contributed by atoms with Gasteiger partial charge in [0.25, 0.3) is 0 Å². The van der Waals surface area contributed by atoms with Crippen LogP contribution >= 0.6 is 11.8 Å². The van der Waals surface area contributed by atoms with Crippen LogP contribution in [0.15, 0.2) is 24.3 Å². The van der Waals surface area contributed by atoms with E-state index < -0.39 is 0 Å². The Morgan fingerprint density at radius 3 is 1.29 bits per heavy atom. The summed E-state index contributed by atoms with van der Waals surface area (Å²) in [6, 6.07) is 0. The molecule has 2 aliphatic carbocycles. The van der Waals surface area contributed by atoms with Gasteiger partial charge in [0.2, 0.25) is 0 Å². The van der Waals surface area contributed by atoms with Crippen molar-refractivity contribution in [2.24, 2.45) is 11.8 Å². The zero-order valence-corrected chi connectivity index (χ0v) is 17.4. The molecular formula is C18H25Fe2O3S+. The van der Waals surface area contributed by atoms with Crippen molar-refractivity contribution in [3.05, 3.63) is 44.3 Å². The Morgan fingerprint density at radius 2 is 1.17 bits per heavy atom. The summed E-state index contributed by atoms with van der Waals surface area (Å²) in [6.07, 6.45) is 18.1. The van der Waals surface area contributed by atoms with Crippen molar-refractivity contribution >= 4 is 16.0 Å². The average molecular weight is 433 g/mol. The van der Waals surface area contributed by atoms with Crippen LogP contribution in [0.5, 0.6) is 0 Å². The average Bonchev–Trinajstić information content (AvgIpc) is 3.36. The van der Waals surface area contributed by atoms with E-state index in [1.54, 1.807) is 0 Å². The first kappa shape index (κ1) is 35.1. The first-order valence-electron chi connectivity index (χ1n) is 7.06. The van der Waals surface area contributed by atoms with Crippen molar-refractivity contribution in [2.75, 3.05) is 6.26 Å². The van der Waals surface area contributed by atoms with E-state index in [1.165, 1.54) is 43.9 Å². The summed E-state index contributed by atoms with van der Waals surface area (Å²) < 4.78 is 25.1. The molecule has 2 aliphatic rings. The number of thioether (sulfide) groups is 1.